The molecule has 5 nitrogen and oxygen atoms in total. The maximum atomic E-state index is 11.8. The highest BCUT2D eigenvalue weighted by atomic mass is 28.4. The number of carbonyl (C=O) groups excluding carboxylic acids is 2. The summed E-state index contributed by atoms with van der Waals surface area (Å²) in [6.45, 7) is 17.2. The van der Waals surface area contributed by atoms with Crippen molar-refractivity contribution >= 4 is 26.3 Å². The van der Waals surface area contributed by atoms with Crippen LogP contribution in [0.25, 0.3) is 6.08 Å². The number of benzene rings is 1. The first-order valence-electron chi connectivity index (χ1n) is 15.3. The van der Waals surface area contributed by atoms with Gasteiger partial charge in [0.1, 0.15) is 12.2 Å². The maximum absolute atomic E-state index is 11.8. The van der Waals surface area contributed by atoms with Crippen LogP contribution < -0.4 is 0 Å². The van der Waals surface area contributed by atoms with E-state index in [-0.39, 0.29) is 29.2 Å². The summed E-state index contributed by atoms with van der Waals surface area (Å²) in [5, 5.41) is 0.200. The second-order valence-corrected chi connectivity index (χ2v) is 17.1. The molecule has 0 aliphatic heterocycles. The third-order valence-electron chi connectivity index (χ3n) is 7.61. The molecule has 2 atom stereocenters. The normalized spacial score (nSPS) is 14.0. The number of hydrogen-bond acceptors (Lipinski definition) is 5. The Balaban J connectivity index is 2.72. The summed E-state index contributed by atoms with van der Waals surface area (Å²) in [5.41, 5.74) is 2.02. The molecule has 2 unspecified atom stereocenters. The standard InChI is InChI=1S/C34H56O5Si/c1-9-10-11-12-13-14-23-32(38-28(2)35)24-16-15-20-30-21-19-22-31(27-30)33(39-29(3)36)25-17-18-26-37-40(7,8)34(4,5)6/h15-16,19-22,24,27,32-33H,9-14,17-18,23,25-26H2,1-8H3/b20-15+,24-16+. The first-order chi connectivity index (χ1) is 18.9. The predicted molar refractivity (Wildman–Crippen MR) is 170 cm³/mol. The van der Waals surface area contributed by atoms with E-state index in [1.54, 1.807) is 0 Å². The summed E-state index contributed by atoms with van der Waals surface area (Å²) in [5.74, 6) is -0.520. The summed E-state index contributed by atoms with van der Waals surface area (Å²) in [4.78, 5) is 23.4. The summed E-state index contributed by atoms with van der Waals surface area (Å²) in [6.07, 6.45) is 18.1. The van der Waals surface area contributed by atoms with Crippen LogP contribution in [0.1, 0.15) is 123 Å². The summed E-state index contributed by atoms with van der Waals surface area (Å²) in [7, 11) is -1.75. The molecule has 0 saturated carbocycles. The molecule has 0 aromatic heterocycles. The Bertz CT molecular complexity index is 929. The van der Waals surface area contributed by atoms with E-state index in [0.29, 0.717) is 0 Å². The van der Waals surface area contributed by atoms with Crippen LogP contribution >= 0.6 is 0 Å². The molecule has 0 aliphatic carbocycles. The van der Waals surface area contributed by atoms with Crippen LogP contribution in [0.5, 0.6) is 0 Å². The average molecular weight is 573 g/mol. The minimum Gasteiger partial charge on any atom is -0.458 e. The Hall–Kier alpha value is -2.18. The number of carbonyl (C=O) groups is 2. The fraction of sp³-hybridized carbons (Fsp3) is 0.647. The SMILES string of the molecule is CCCCCCCCC(/C=C/C=C/c1cccc(C(CCCCO[Si](C)(C)C(C)(C)C)OC(C)=O)c1)OC(C)=O. The van der Waals surface area contributed by atoms with Crippen LogP contribution in [0.15, 0.2) is 42.5 Å². The van der Waals surface area contributed by atoms with Gasteiger partial charge < -0.3 is 13.9 Å². The molecule has 0 fully saturated rings. The third kappa shape index (κ3) is 15.6. The minimum absolute atomic E-state index is 0.200. The van der Waals surface area contributed by atoms with Crippen LogP contribution in [0, 0.1) is 0 Å². The van der Waals surface area contributed by atoms with E-state index < -0.39 is 8.32 Å². The van der Waals surface area contributed by atoms with Crippen molar-refractivity contribution in [2.75, 3.05) is 6.61 Å². The zero-order valence-electron chi connectivity index (χ0n) is 26.6. The fourth-order valence-corrected chi connectivity index (χ4v) is 5.31. The zero-order chi connectivity index (χ0) is 30.0. The van der Waals surface area contributed by atoms with Gasteiger partial charge in [-0.15, -0.1) is 0 Å². The van der Waals surface area contributed by atoms with E-state index >= 15 is 0 Å². The second-order valence-electron chi connectivity index (χ2n) is 12.3. The fourth-order valence-electron chi connectivity index (χ4n) is 4.22. The quantitative estimate of drug-likeness (QED) is 0.0714. The third-order valence-corrected chi connectivity index (χ3v) is 12.1. The van der Waals surface area contributed by atoms with Crippen molar-refractivity contribution in [2.24, 2.45) is 0 Å². The Kier molecular flexibility index (Phi) is 17.1. The van der Waals surface area contributed by atoms with Crippen LogP contribution in [-0.2, 0) is 23.5 Å². The first kappa shape index (κ1) is 35.8. The van der Waals surface area contributed by atoms with E-state index in [1.165, 1.54) is 46.0 Å². The maximum Gasteiger partial charge on any atom is 0.303 e. The molecular formula is C34H56O5Si. The molecular weight excluding hydrogens is 516 g/mol. The van der Waals surface area contributed by atoms with Crippen molar-refractivity contribution in [2.45, 2.75) is 136 Å². The summed E-state index contributed by atoms with van der Waals surface area (Å²) >= 11 is 0. The molecule has 0 spiro atoms. The van der Waals surface area contributed by atoms with E-state index in [1.807, 2.05) is 42.5 Å². The van der Waals surface area contributed by atoms with Gasteiger partial charge in [0, 0.05) is 20.5 Å². The smallest absolute Gasteiger partial charge is 0.303 e. The minimum atomic E-state index is -1.75. The largest absolute Gasteiger partial charge is 0.458 e. The molecule has 0 saturated heterocycles. The molecule has 0 aliphatic rings. The molecule has 1 aromatic rings. The Morgan fingerprint density at radius 2 is 1.52 bits per heavy atom. The molecule has 0 heterocycles. The number of esters is 2. The lowest BCUT2D eigenvalue weighted by Crippen LogP contribution is -2.40. The van der Waals surface area contributed by atoms with Crippen molar-refractivity contribution in [3.8, 4) is 0 Å². The van der Waals surface area contributed by atoms with Gasteiger partial charge in [0.2, 0.25) is 0 Å². The van der Waals surface area contributed by atoms with Crippen LogP contribution in [0.3, 0.4) is 0 Å². The first-order valence-corrected chi connectivity index (χ1v) is 18.2. The Labute approximate surface area is 245 Å². The van der Waals surface area contributed by atoms with E-state index in [4.69, 9.17) is 13.9 Å². The molecule has 0 amide bonds. The Morgan fingerprint density at radius 3 is 2.17 bits per heavy atom. The summed E-state index contributed by atoms with van der Waals surface area (Å²) < 4.78 is 17.5. The van der Waals surface area contributed by atoms with Gasteiger partial charge >= 0.3 is 11.9 Å². The average Bonchev–Trinajstić information content (AvgIpc) is 2.86. The van der Waals surface area contributed by atoms with Gasteiger partial charge in [-0.25, -0.2) is 0 Å². The highest BCUT2D eigenvalue weighted by Crippen LogP contribution is 2.36. The van der Waals surface area contributed by atoms with E-state index in [2.05, 4.69) is 46.9 Å². The number of rotatable bonds is 19. The predicted octanol–water partition coefficient (Wildman–Crippen LogP) is 9.73. The molecule has 40 heavy (non-hydrogen) atoms. The van der Waals surface area contributed by atoms with Crippen molar-refractivity contribution in [3.63, 3.8) is 0 Å². The van der Waals surface area contributed by atoms with Gasteiger partial charge in [-0.1, -0.05) is 96.2 Å². The second kappa shape index (κ2) is 19.0. The van der Waals surface area contributed by atoms with Crippen molar-refractivity contribution in [1.29, 1.82) is 0 Å². The van der Waals surface area contributed by atoms with Crippen molar-refractivity contribution in [1.82, 2.24) is 0 Å². The number of allylic oxidation sites excluding steroid dienone is 2. The van der Waals surface area contributed by atoms with Crippen LogP contribution in [-0.4, -0.2) is 33.0 Å². The van der Waals surface area contributed by atoms with Gasteiger partial charge in [-0.05, 0) is 73.5 Å². The number of hydrogen-bond donors (Lipinski definition) is 0. The van der Waals surface area contributed by atoms with Gasteiger partial charge in [-0.2, -0.15) is 0 Å². The molecule has 1 aromatic carbocycles. The molecule has 0 N–H and O–H groups in total. The van der Waals surface area contributed by atoms with Crippen LogP contribution in [0.2, 0.25) is 18.1 Å². The van der Waals surface area contributed by atoms with E-state index in [0.717, 1.165) is 49.8 Å². The number of unbranched alkanes of at least 4 members (excludes halogenated alkanes) is 6. The zero-order valence-corrected chi connectivity index (χ0v) is 27.6. The van der Waals surface area contributed by atoms with Gasteiger partial charge in [0.15, 0.2) is 8.32 Å². The highest BCUT2D eigenvalue weighted by Gasteiger charge is 2.36. The monoisotopic (exact) mass is 572 g/mol. The summed E-state index contributed by atoms with van der Waals surface area (Å²) in [6, 6.07) is 8.12. The molecule has 226 valence electrons. The van der Waals surface area contributed by atoms with Crippen molar-refractivity contribution in [3.05, 3.63) is 53.6 Å². The lowest BCUT2D eigenvalue weighted by molar-refractivity contribution is -0.147. The van der Waals surface area contributed by atoms with E-state index in [9.17, 15) is 9.59 Å². The highest BCUT2D eigenvalue weighted by molar-refractivity contribution is 6.74. The van der Waals surface area contributed by atoms with Crippen molar-refractivity contribution < 1.29 is 23.5 Å². The van der Waals surface area contributed by atoms with Gasteiger partial charge in [-0.3, -0.25) is 9.59 Å². The molecule has 0 bridgehead atoms. The lowest BCUT2D eigenvalue weighted by Gasteiger charge is -2.36. The topological polar surface area (TPSA) is 61.8 Å². The van der Waals surface area contributed by atoms with Gasteiger partial charge in [0.05, 0.1) is 0 Å². The molecule has 6 heteroatoms. The number of ether oxygens (including phenoxy) is 2. The van der Waals surface area contributed by atoms with Crippen LogP contribution in [0.4, 0.5) is 0 Å². The Morgan fingerprint density at radius 1 is 0.875 bits per heavy atom. The molecule has 0 radical (unpaired) electrons. The lowest BCUT2D eigenvalue weighted by atomic mass is 10.0. The molecule has 1 rings (SSSR count). The van der Waals surface area contributed by atoms with Gasteiger partial charge in [0.25, 0.3) is 0 Å².